The van der Waals surface area contributed by atoms with E-state index in [1.165, 1.54) is 18.2 Å². The fraction of sp³-hybridized carbons (Fsp3) is 0.263. The molecule has 0 radical (unpaired) electrons. The Balaban J connectivity index is 1.90. The van der Waals surface area contributed by atoms with Gasteiger partial charge in [0.05, 0.1) is 12.8 Å². The van der Waals surface area contributed by atoms with Gasteiger partial charge in [0.2, 0.25) is 0 Å². The Morgan fingerprint density at radius 3 is 2.68 bits per heavy atom. The number of methoxy groups -OCH3 is 1. The van der Waals surface area contributed by atoms with Gasteiger partial charge in [0.1, 0.15) is 5.65 Å². The summed E-state index contributed by atoms with van der Waals surface area (Å²) < 4.78 is 6.68. The Hall–Kier alpha value is -2.86. The van der Waals surface area contributed by atoms with Gasteiger partial charge in [-0.25, -0.2) is 9.78 Å². The highest BCUT2D eigenvalue weighted by molar-refractivity contribution is 5.94. The first-order valence-electron chi connectivity index (χ1n) is 8.10. The zero-order valence-electron chi connectivity index (χ0n) is 14.7. The van der Waals surface area contributed by atoms with Crippen molar-refractivity contribution in [1.82, 2.24) is 14.3 Å². The summed E-state index contributed by atoms with van der Waals surface area (Å²) in [4.78, 5) is 18.6. The summed E-state index contributed by atoms with van der Waals surface area (Å²) in [6, 6.07) is 12.0. The van der Waals surface area contributed by atoms with Crippen LogP contribution in [0.4, 0.5) is 5.69 Å². The molecule has 0 amide bonds. The first kappa shape index (κ1) is 17.0. The first-order chi connectivity index (χ1) is 12.1. The van der Waals surface area contributed by atoms with E-state index < -0.39 is 5.97 Å². The van der Waals surface area contributed by atoms with E-state index in [9.17, 15) is 4.79 Å². The maximum atomic E-state index is 12.3. The third-order valence-corrected chi connectivity index (χ3v) is 4.02. The standard InChI is InChI=1S/C19H22N4O2/c1-22(2)13-15-7-5-4-6-14(15)12-21-16-8-9-17-20-10-11-23(17)18(16)19(24)25-3/h4-11,21H,12-13H2,1-3H3. The highest BCUT2D eigenvalue weighted by Gasteiger charge is 2.17. The van der Waals surface area contributed by atoms with Gasteiger partial charge in [-0.1, -0.05) is 24.3 Å². The second-order valence-corrected chi connectivity index (χ2v) is 6.10. The molecule has 2 heterocycles. The van der Waals surface area contributed by atoms with Gasteiger partial charge in [-0.2, -0.15) is 0 Å². The molecule has 25 heavy (non-hydrogen) atoms. The second kappa shape index (κ2) is 7.36. The fourth-order valence-corrected chi connectivity index (χ4v) is 2.86. The summed E-state index contributed by atoms with van der Waals surface area (Å²) in [5.74, 6) is -0.396. The van der Waals surface area contributed by atoms with E-state index >= 15 is 0 Å². The van der Waals surface area contributed by atoms with Gasteiger partial charge >= 0.3 is 5.97 Å². The monoisotopic (exact) mass is 338 g/mol. The van der Waals surface area contributed by atoms with E-state index in [0.717, 1.165) is 12.2 Å². The Morgan fingerprint density at radius 2 is 1.96 bits per heavy atom. The molecule has 0 bridgehead atoms. The topological polar surface area (TPSA) is 58.9 Å². The SMILES string of the molecule is COC(=O)c1c(NCc2ccccc2CN(C)C)ccc2nccn12. The highest BCUT2D eigenvalue weighted by atomic mass is 16.5. The minimum Gasteiger partial charge on any atom is -0.464 e. The number of nitrogens with one attached hydrogen (secondary N) is 1. The molecule has 0 saturated carbocycles. The van der Waals surface area contributed by atoms with Gasteiger partial charge in [0.25, 0.3) is 0 Å². The molecule has 1 aromatic carbocycles. The van der Waals surface area contributed by atoms with Crippen molar-refractivity contribution in [2.24, 2.45) is 0 Å². The van der Waals surface area contributed by atoms with Gasteiger partial charge in [0, 0.05) is 25.5 Å². The minimum absolute atomic E-state index is 0.396. The second-order valence-electron chi connectivity index (χ2n) is 6.10. The molecule has 0 atom stereocenters. The van der Waals surface area contributed by atoms with Crippen molar-refractivity contribution in [2.75, 3.05) is 26.5 Å². The fourth-order valence-electron chi connectivity index (χ4n) is 2.86. The van der Waals surface area contributed by atoms with Crippen LogP contribution in [0.15, 0.2) is 48.8 Å². The maximum absolute atomic E-state index is 12.3. The van der Waals surface area contributed by atoms with Crippen molar-refractivity contribution in [3.05, 3.63) is 65.6 Å². The van der Waals surface area contributed by atoms with Crippen LogP contribution in [0.25, 0.3) is 5.65 Å². The molecule has 2 aromatic heterocycles. The van der Waals surface area contributed by atoms with Gasteiger partial charge in [-0.05, 0) is 37.4 Å². The average Bonchev–Trinajstić information content (AvgIpc) is 3.08. The number of fused-ring (bicyclic) bond motifs is 1. The Labute approximate surface area is 147 Å². The van der Waals surface area contributed by atoms with Crippen LogP contribution in [-0.2, 0) is 17.8 Å². The van der Waals surface area contributed by atoms with E-state index in [1.54, 1.807) is 16.8 Å². The number of imidazole rings is 1. The third-order valence-electron chi connectivity index (χ3n) is 4.02. The number of benzene rings is 1. The zero-order valence-corrected chi connectivity index (χ0v) is 14.7. The lowest BCUT2D eigenvalue weighted by atomic mass is 10.1. The lowest BCUT2D eigenvalue weighted by Crippen LogP contribution is -2.15. The number of carbonyl (C=O) groups excluding carboxylic acids is 1. The molecule has 0 aliphatic rings. The third kappa shape index (κ3) is 3.64. The molecule has 0 spiro atoms. The molecule has 0 aliphatic heterocycles. The number of esters is 1. The Kier molecular flexibility index (Phi) is 5.00. The number of nitrogens with zero attached hydrogens (tertiary/aromatic N) is 3. The summed E-state index contributed by atoms with van der Waals surface area (Å²) >= 11 is 0. The number of carbonyl (C=O) groups is 1. The minimum atomic E-state index is -0.396. The van der Waals surface area contributed by atoms with Crippen molar-refractivity contribution < 1.29 is 9.53 Å². The van der Waals surface area contributed by atoms with Crippen LogP contribution >= 0.6 is 0 Å². The van der Waals surface area contributed by atoms with E-state index in [1.807, 2.05) is 38.4 Å². The summed E-state index contributed by atoms with van der Waals surface area (Å²) in [6.45, 7) is 1.48. The molecular weight excluding hydrogens is 316 g/mol. The molecule has 6 heteroatoms. The number of hydrogen-bond donors (Lipinski definition) is 1. The predicted octanol–water partition coefficient (Wildman–Crippen LogP) is 2.79. The lowest BCUT2D eigenvalue weighted by Gasteiger charge is -2.16. The summed E-state index contributed by atoms with van der Waals surface area (Å²) in [7, 11) is 5.48. The van der Waals surface area contributed by atoms with E-state index in [-0.39, 0.29) is 0 Å². The van der Waals surface area contributed by atoms with Crippen molar-refractivity contribution in [3.63, 3.8) is 0 Å². The Bertz CT molecular complexity index is 886. The van der Waals surface area contributed by atoms with Crippen molar-refractivity contribution in [3.8, 4) is 0 Å². The quantitative estimate of drug-likeness (QED) is 0.701. The highest BCUT2D eigenvalue weighted by Crippen LogP contribution is 2.21. The molecule has 3 rings (SSSR count). The molecule has 1 N–H and O–H groups in total. The van der Waals surface area contributed by atoms with E-state index in [4.69, 9.17) is 4.74 Å². The zero-order chi connectivity index (χ0) is 17.8. The average molecular weight is 338 g/mol. The van der Waals surface area contributed by atoms with Gasteiger partial charge in [-0.15, -0.1) is 0 Å². The number of aromatic nitrogens is 2. The van der Waals surface area contributed by atoms with Crippen molar-refractivity contribution in [1.29, 1.82) is 0 Å². The van der Waals surface area contributed by atoms with Crippen LogP contribution in [0.1, 0.15) is 21.6 Å². The van der Waals surface area contributed by atoms with Gasteiger partial charge in [0.15, 0.2) is 5.69 Å². The first-order valence-corrected chi connectivity index (χ1v) is 8.10. The van der Waals surface area contributed by atoms with E-state index in [0.29, 0.717) is 17.9 Å². The van der Waals surface area contributed by atoms with Crippen molar-refractivity contribution >= 4 is 17.3 Å². The normalized spacial score (nSPS) is 11.0. The molecule has 6 nitrogen and oxygen atoms in total. The Morgan fingerprint density at radius 1 is 1.20 bits per heavy atom. The van der Waals surface area contributed by atoms with E-state index in [2.05, 4.69) is 27.3 Å². The number of ether oxygens (including phenoxy) is 1. The largest absolute Gasteiger partial charge is 0.464 e. The van der Waals surface area contributed by atoms with Gasteiger partial charge in [-0.3, -0.25) is 4.40 Å². The smallest absolute Gasteiger partial charge is 0.357 e. The summed E-state index contributed by atoms with van der Waals surface area (Å²) in [5.41, 5.74) is 4.32. The van der Waals surface area contributed by atoms with Crippen LogP contribution in [0.3, 0.4) is 0 Å². The van der Waals surface area contributed by atoms with Crippen LogP contribution in [0, 0.1) is 0 Å². The predicted molar refractivity (Wildman–Crippen MR) is 97.7 cm³/mol. The number of hydrogen-bond acceptors (Lipinski definition) is 5. The lowest BCUT2D eigenvalue weighted by molar-refractivity contribution is 0.0593. The van der Waals surface area contributed by atoms with Crippen LogP contribution < -0.4 is 5.32 Å². The molecular formula is C19H22N4O2. The molecule has 130 valence electrons. The molecule has 0 aliphatic carbocycles. The maximum Gasteiger partial charge on any atom is 0.357 e. The number of anilines is 1. The molecule has 0 saturated heterocycles. The van der Waals surface area contributed by atoms with Crippen molar-refractivity contribution in [2.45, 2.75) is 13.1 Å². The molecule has 0 fully saturated rings. The molecule has 3 aromatic rings. The number of pyridine rings is 1. The van der Waals surface area contributed by atoms with Crippen LogP contribution in [0.5, 0.6) is 0 Å². The summed E-state index contributed by atoms with van der Waals surface area (Å²) in [5, 5.41) is 3.37. The summed E-state index contributed by atoms with van der Waals surface area (Å²) in [6.07, 6.45) is 3.42. The number of rotatable bonds is 6. The van der Waals surface area contributed by atoms with Crippen LogP contribution in [0.2, 0.25) is 0 Å². The van der Waals surface area contributed by atoms with Gasteiger partial charge < -0.3 is 15.0 Å². The van der Waals surface area contributed by atoms with Crippen LogP contribution in [-0.4, -0.2) is 41.5 Å². The molecule has 0 unspecified atom stereocenters.